The quantitative estimate of drug-likeness (QED) is 0.891. The van der Waals surface area contributed by atoms with E-state index in [0.717, 1.165) is 11.4 Å². The molecule has 2 aromatic rings. The Morgan fingerprint density at radius 3 is 2.79 bits per heavy atom. The smallest absolute Gasteiger partial charge is 0.151 e. The molecule has 6 heteroatoms. The van der Waals surface area contributed by atoms with Crippen LogP contribution >= 0.6 is 23.2 Å². The third-order valence-electron chi connectivity index (χ3n) is 2.36. The Bertz CT molecular complexity index is 590. The number of hydrogen-bond acceptors (Lipinski definition) is 4. The third-order valence-corrected chi connectivity index (χ3v) is 2.96. The standard InChI is InChI=1S/C13H13Cl2N3O/c1-2-19-9-5-3-4-8(6-9)17-13-11(15)7-10(14)12(16)18-13/h3-7H,2H2,1H3,(H3,16,17,18). The molecule has 0 spiro atoms. The molecule has 0 saturated carbocycles. The molecule has 0 fully saturated rings. The van der Waals surface area contributed by atoms with Crippen molar-refractivity contribution < 1.29 is 4.74 Å². The minimum atomic E-state index is 0.231. The Morgan fingerprint density at radius 2 is 2.05 bits per heavy atom. The van der Waals surface area contributed by atoms with Gasteiger partial charge in [0.1, 0.15) is 11.6 Å². The molecule has 19 heavy (non-hydrogen) atoms. The van der Waals surface area contributed by atoms with Crippen molar-refractivity contribution in [2.45, 2.75) is 6.92 Å². The number of ether oxygens (including phenoxy) is 1. The summed E-state index contributed by atoms with van der Waals surface area (Å²) in [5, 5.41) is 3.81. The van der Waals surface area contributed by atoms with Crippen LogP contribution in [0.3, 0.4) is 0 Å². The summed E-state index contributed by atoms with van der Waals surface area (Å²) in [4.78, 5) is 4.11. The van der Waals surface area contributed by atoms with Gasteiger partial charge in [0.15, 0.2) is 5.82 Å². The molecule has 0 atom stereocenters. The van der Waals surface area contributed by atoms with E-state index in [1.807, 2.05) is 31.2 Å². The van der Waals surface area contributed by atoms with Gasteiger partial charge in [-0.15, -0.1) is 0 Å². The normalized spacial score (nSPS) is 10.3. The molecule has 0 aliphatic heterocycles. The highest BCUT2D eigenvalue weighted by Gasteiger charge is 2.07. The van der Waals surface area contributed by atoms with Crippen LogP contribution in [0.15, 0.2) is 30.3 Å². The molecule has 100 valence electrons. The van der Waals surface area contributed by atoms with E-state index in [0.29, 0.717) is 22.5 Å². The summed E-state index contributed by atoms with van der Waals surface area (Å²) in [5.41, 5.74) is 6.46. The predicted molar refractivity (Wildman–Crippen MR) is 79.6 cm³/mol. The van der Waals surface area contributed by atoms with E-state index in [-0.39, 0.29) is 5.82 Å². The van der Waals surface area contributed by atoms with Crippen molar-refractivity contribution in [2.24, 2.45) is 0 Å². The molecule has 1 aromatic heterocycles. The van der Waals surface area contributed by atoms with Crippen LogP contribution in [0, 0.1) is 0 Å². The first-order valence-electron chi connectivity index (χ1n) is 5.71. The SMILES string of the molecule is CCOc1cccc(Nc2nc(N)c(Cl)cc2Cl)c1. The molecule has 2 rings (SSSR count). The van der Waals surface area contributed by atoms with E-state index in [4.69, 9.17) is 33.7 Å². The Hall–Kier alpha value is -1.65. The van der Waals surface area contributed by atoms with Crippen molar-refractivity contribution in [1.82, 2.24) is 4.98 Å². The first kappa shape index (κ1) is 13.8. The molecule has 0 saturated heterocycles. The van der Waals surface area contributed by atoms with Crippen LogP contribution in [-0.2, 0) is 0 Å². The second-order valence-corrected chi connectivity index (χ2v) is 4.59. The van der Waals surface area contributed by atoms with Crippen LogP contribution in [0.1, 0.15) is 6.92 Å². The highest BCUT2D eigenvalue weighted by molar-refractivity contribution is 6.37. The van der Waals surface area contributed by atoms with Gasteiger partial charge in [-0.3, -0.25) is 0 Å². The molecule has 0 bridgehead atoms. The molecule has 0 unspecified atom stereocenters. The molecular formula is C13H13Cl2N3O. The third kappa shape index (κ3) is 3.43. The Morgan fingerprint density at radius 1 is 1.26 bits per heavy atom. The topological polar surface area (TPSA) is 60.2 Å². The first-order chi connectivity index (χ1) is 9.10. The highest BCUT2D eigenvalue weighted by atomic mass is 35.5. The van der Waals surface area contributed by atoms with Gasteiger partial charge in [0, 0.05) is 11.8 Å². The van der Waals surface area contributed by atoms with E-state index in [9.17, 15) is 0 Å². The zero-order chi connectivity index (χ0) is 13.8. The molecule has 0 aliphatic carbocycles. The minimum absolute atomic E-state index is 0.231. The Kier molecular flexibility index (Phi) is 4.35. The minimum Gasteiger partial charge on any atom is -0.494 e. The molecule has 0 radical (unpaired) electrons. The van der Waals surface area contributed by atoms with Gasteiger partial charge in [0.25, 0.3) is 0 Å². The van der Waals surface area contributed by atoms with E-state index in [1.54, 1.807) is 6.07 Å². The second-order valence-electron chi connectivity index (χ2n) is 3.77. The first-order valence-corrected chi connectivity index (χ1v) is 6.47. The van der Waals surface area contributed by atoms with Crippen molar-refractivity contribution in [3.63, 3.8) is 0 Å². The van der Waals surface area contributed by atoms with Crippen molar-refractivity contribution in [3.05, 3.63) is 40.4 Å². The molecule has 4 nitrogen and oxygen atoms in total. The van der Waals surface area contributed by atoms with Gasteiger partial charge in [-0.25, -0.2) is 4.98 Å². The van der Waals surface area contributed by atoms with Gasteiger partial charge >= 0.3 is 0 Å². The summed E-state index contributed by atoms with van der Waals surface area (Å²) < 4.78 is 5.42. The average molecular weight is 298 g/mol. The Labute approximate surface area is 121 Å². The number of aromatic nitrogens is 1. The molecule has 3 N–H and O–H groups in total. The number of nitrogens with two attached hydrogens (primary N) is 1. The summed E-state index contributed by atoms with van der Waals surface area (Å²) in [7, 11) is 0. The van der Waals surface area contributed by atoms with Crippen molar-refractivity contribution in [3.8, 4) is 5.75 Å². The lowest BCUT2D eigenvalue weighted by atomic mass is 10.3. The maximum absolute atomic E-state index is 6.06. The number of rotatable bonds is 4. The number of pyridine rings is 1. The van der Waals surface area contributed by atoms with Crippen LogP contribution in [0.25, 0.3) is 0 Å². The van der Waals surface area contributed by atoms with E-state index >= 15 is 0 Å². The number of hydrogen-bond donors (Lipinski definition) is 2. The number of benzene rings is 1. The molecule has 0 aliphatic rings. The van der Waals surface area contributed by atoms with Gasteiger partial charge in [0.05, 0.1) is 16.7 Å². The number of anilines is 3. The van der Waals surface area contributed by atoms with Gasteiger partial charge in [-0.1, -0.05) is 29.3 Å². The molecular weight excluding hydrogens is 285 g/mol. The van der Waals surface area contributed by atoms with Gasteiger partial charge in [-0.05, 0) is 25.1 Å². The summed E-state index contributed by atoms with van der Waals surface area (Å²) in [5.74, 6) is 1.46. The zero-order valence-electron chi connectivity index (χ0n) is 10.3. The van der Waals surface area contributed by atoms with Crippen molar-refractivity contribution in [2.75, 3.05) is 17.7 Å². The molecule has 1 heterocycles. The fourth-order valence-corrected chi connectivity index (χ4v) is 1.94. The summed E-state index contributed by atoms with van der Waals surface area (Å²) in [6.45, 7) is 2.54. The largest absolute Gasteiger partial charge is 0.494 e. The number of halogens is 2. The van der Waals surface area contributed by atoms with Crippen LogP contribution in [-0.4, -0.2) is 11.6 Å². The fourth-order valence-electron chi connectivity index (χ4n) is 1.54. The summed E-state index contributed by atoms with van der Waals surface area (Å²) >= 11 is 11.9. The second kappa shape index (κ2) is 5.99. The van der Waals surface area contributed by atoms with Gasteiger partial charge < -0.3 is 15.8 Å². The highest BCUT2D eigenvalue weighted by Crippen LogP contribution is 2.30. The number of nitrogen functional groups attached to an aromatic ring is 1. The summed E-state index contributed by atoms with van der Waals surface area (Å²) in [6, 6.07) is 9.04. The van der Waals surface area contributed by atoms with E-state index < -0.39 is 0 Å². The maximum atomic E-state index is 6.06. The lowest BCUT2D eigenvalue weighted by Crippen LogP contribution is -1.99. The number of nitrogens with one attached hydrogen (secondary N) is 1. The lowest BCUT2D eigenvalue weighted by molar-refractivity contribution is 0.340. The maximum Gasteiger partial charge on any atom is 0.151 e. The lowest BCUT2D eigenvalue weighted by Gasteiger charge is -2.10. The van der Waals surface area contributed by atoms with Crippen LogP contribution < -0.4 is 15.8 Å². The zero-order valence-corrected chi connectivity index (χ0v) is 11.8. The van der Waals surface area contributed by atoms with Crippen molar-refractivity contribution in [1.29, 1.82) is 0 Å². The Balaban J connectivity index is 2.25. The van der Waals surface area contributed by atoms with E-state index in [1.165, 1.54) is 0 Å². The van der Waals surface area contributed by atoms with Gasteiger partial charge in [0.2, 0.25) is 0 Å². The van der Waals surface area contributed by atoms with Crippen LogP contribution in [0.2, 0.25) is 10.0 Å². The van der Waals surface area contributed by atoms with Crippen LogP contribution in [0.4, 0.5) is 17.3 Å². The molecule has 1 aromatic carbocycles. The molecule has 0 amide bonds. The summed E-state index contributed by atoms with van der Waals surface area (Å²) in [6.07, 6.45) is 0. The average Bonchev–Trinajstić information content (AvgIpc) is 2.37. The van der Waals surface area contributed by atoms with Crippen LogP contribution in [0.5, 0.6) is 5.75 Å². The van der Waals surface area contributed by atoms with E-state index in [2.05, 4.69) is 10.3 Å². The monoisotopic (exact) mass is 297 g/mol. The van der Waals surface area contributed by atoms with Gasteiger partial charge in [-0.2, -0.15) is 0 Å². The fraction of sp³-hybridized carbons (Fsp3) is 0.154. The predicted octanol–water partition coefficient (Wildman–Crippen LogP) is 4.11. The number of nitrogens with zero attached hydrogens (tertiary/aromatic N) is 1. The van der Waals surface area contributed by atoms with Crippen molar-refractivity contribution >= 4 is 40.5 Å².